The van der Waals surface area contributed by atoms with E-state index in [-0.39, 0.29) is 32.7 Å². The van der Waals surface area contributed by atoms with E-state index in [0.29, 0.717) is 0 Å². The third-order valence-corrected chi connectivity index (χ3v) is 19.1. The van der Waals surface area contributed by atoms with Crippen LogP contribution >= 0.6 is 0 Å². The first kappa shape index (κ1) is 38.3. The Labute approximate surface area is 353 Å². The molecule has 0 spiro atoms. The van der Waals surface area contributed by atoms with Gasteiger partial charge in [0.2, 0.25) is 0 Å². The molecule has 300 valence electrons. The Kier molecular flexibility index (Phi) is 8.18. The molecule has 4 aromatic carbocycles. The van der Waals surface area contributed by atoms with Crippen LogP contribution in [0.4, 0.5) is 0 Å². The van der Waals surface area contributed by atoms with Crippen LogP contribution in [0.3, 0.4) is 0 Å². The molecule has 4 aliphatic carbocycles. The van der Waals surface area contributed by atoms with Gasteiger partial charge in [0, 0.05) is 22.2 Å². The lowest BCUT2D eigenvalue weighted by Crippen LogP contribution is -2.42. The molecule has 0 bridgehead atoms. The molecule has 0 aliphatic heterocycles. The molecular formula is C56H60O2Si. The average molecular weight is 793 g/mol. The third-order valence-electron chi connectivity index (χ3n) is 14.9. The number of allylic oxidation sites excluding steroid dienone is 2. The Morgan fingerprint density at radius 2 is 0.864 bits per heavy atom. The molecule has 4 aliphatic rings. The van der Waals surface area contributed by atoms with Crippen molar-refractivity contribution in [2.45, 2.75) is 128 Å². The Hall–Kier alpha value is -4.86. The molecule has 2 atom stereocenters. The molecule has 0 fully saturated rings. The molecule has 2 heterocycles. The van der Waals surface area contributed by atoms with Crippen LogP contribution in [0.15, 0.2) is 106 Å². The largest absolute Gasteiger partial charge is 0.462 e. The van der Waals surface area contributed by atoms with Crippen LogP contribution in [-0.2, 0) is 21.7 Å². The summed E-state index contributed by atoms with van der Waals surface area (Å²) >= 11 is 0. The molecule has 0 saturated carbocycles. The van der Waals surface area contributed by atoms with Gasteiger partial charge in [-0.25, -0.2) is 0 Å². The van der Waals surface area contributed by atoms with Crippen LogP contribution in [-0.4, -0.2) is 8.07 Å². The molecule has 2 aromatic heterocycles. The summed E-state index contributed by atoms with van der Waals surface area (Å²) in [4.78, 5) is 0. The van der Waals surface area contributed by atoms with Crippen molar-refractivity contribution in [1.29, 1.82) is 0 Å². The molecule has 0 N–H and O–H groups in total. The minimum atomic E-state index is -2.55. The first-order valence-corrected chi connectivity index (χ1v) is 25.1. The zero-order valence-corrected chi connectivity index (χ0v) is 38.3. The zero-order valence-electron chi connectivity index (χ0n) is 37.3. The van der Waals surface area contributed by atoms with Crippen LogP contribution in [0, 0.1) is 13.8 Å². The van der Waals surface area contributed by atoms with Gasteiger partial charge in [-0.15, -0.1) is 0 Å². The summed E-state index contributed by atoms with van der Waals surface area (Å²) in [5, 5.41) is 0. The normalized spacial score (nSPS) is 21.5. The van der Waals surface area contributed by atoms with E-state index in [4.69, 9.17) is 8.83 Å². The lowest BCUT2D eigenvalue weighted by molar-refractivity contribution is 0.403. The maximum absolute atomic E-state index is 6.71. The second kappa shape index (κ2) is 12.6. The van der Waals surface area contributed by atoms with Gasteiger partial charge in [0.05, 0.1) is 8.07 Å². The minimum Gasteiger partial charge on any atom is -0.462 e. The number of fused-ring (bicyclic) bond motifs is 4. The Balaban J connectivity index is 1.29. The molecule has 2 unspecified atom stereocenters. The highest BCUT2D eigenvalue weighted by Crippen LogP contribution is 2.64. The van der Waals surface area contributed by atoms with Gasteiger partial charge in [-0.05, 0) is 152 Å². The number of hydrogen-bond donors (Lipinski definition) is 0. The maximum Gasteiger partial charge on any atom is 0.130 e. The van der Waals surface area contributed by atoms with Crippen molar-refractivity contribution in [3.63, 3.8) is 0 Å². The van der Waals surface area contributed by atoms with Crippen LogP contribution < -0.4 is 0 Å². The predicted molar refractivity (Wildman–Crippen MR) is 251 cm³/mol. The first-order valence-electron chi connectivity index (χ1n) is 21.9. The fraction of sp³-hybridized carbons (Fsp3) is 0.357. The molecule has 0 saturated heterocycles. The molecule has 0 radical (unpaired) electrons. The number of benzene rings is 4. The minimum absolute atomic E-state index is 0.0333. The molecule has 2 nitrogen and oxygen atoms in total. The predicted octanol–water partition coefficient (Wildman–Crippen LogP) is 15.5. The molecular weight excluding hydrogens is 733 g/mol. The van der Waals surface area contributed by atoms with Gasteiger partial charge in [0.15, 0.2) is 0 Å². The smallest absolute Gasteiger partial charge is 0.130 e. The van der Waals surface area contributed by atoms with Crippen molar-refractivity contribution in [2.75, 3.05) is 0 Å². The van der Waals surface area contributed by atoms with Gasteiger partial charge in [0.25, 0.3) is 0 Å². The van der Waals surface area contributed by atoms with Crippen molar-refractivity contribution >= 4 is 31.4 Å². The number of rotatable bonds is 6. The van der Waals surface area contributed by atoms with Gasteiger partial charge in [0.1, 0.15) is 23.0 Å². The summed E-state index contributed by atoms with van der Waals surface area (Å²) in [6, 6.07) is 36.6. The maximum atomic E-state index is 6.71. The Bertz CT molecular complexity index is 2570. The van der Waals surface area contributed by atoms with Gasteiger partial charge >= 0.3 is 0 Å². The summed E-state index contributed by atoms with van der Waals surface area (Å²) in [5.41, 5.74) is 20.4. The summed E-state index contributed by atoms with van der Waals surface area (Å²) in [5.74, 6) is 3.91. The lowest BCUT2D eigenvalue weighted by atomic mass is 9.79. The van der Waals surface area contributed by atoms with Crippen LogP contribution in [0.5, 0.6) is 0 Å². The highest BCUT2D eigenvalue weighted by molar-refractivity contribution is 6.84. The molecule has 0 amide bonds. The lowest BCUT2D eigenvalue weighted by Gasteiger charge is -2.40. The van der Waals surface area contributed by atoms with Crippen molar-refractivity contribution in [1.82, 2.24) is 0 Å². The highest BCUT2D eigenvalue weighted by Gasteiger charge is 2.54. The van der Waals surface area contributed by atoms with E-state index in [1.165, 1.54) is 77.9 Å². The summed E-state index contributed by atoms with van der Waals surface area (Å²) in [7, 11) is -2.55. The molecule has 3 heteroatoms. The van der Waals surface area contributed by atoms with Gasteiger partial charge in [-0.2, -0.15) is 0 Å². The number of hydrogen-bond acceptors (Lipinski definition) is 2. The molecule has 10 rings (SSSR count). The average Bonchev–Trinajstić information content (AvgIpc) is 4.01. The van der Waals surface area contributed by atoms with E-state index >= 15 is 0 Å². The summed E-state index contributed by atoms with van der Waals surface area (Å²) in [6.45, 7) is 29.3. The fourth-order valence-corrected chi connectivity index (χ4v) is 17.7. The topological polar surface area (TPSA) is 26.3 Å². The van der Waals surface area contributed by atoms with E-state index < -0.39 is 8.07 Å². The zero-order chi connectivity index (χ0) is 41.6. The summed E-state index contributed by atoms with van der Waals surface area (Å²) < 4.78 is 13.4. The third kappa shape index (κ3) is 5.63. The van der Waals surface area contributed by atoms with E-state index in [1.54, 1.807) is 0 Å². The second-order valence-corrected chi connectivity index (χ2v) is 26.5. The van der Waals surface area contributed by atoms with Crippen molar-refractivity contribution in [3.8, 4) is 22.3 Å². The second-order valence-electron chi connectivity index (χ2n) is 21.7. The van der Waals surface area contributed by atoms with E-state index in [0.717, 1.165) is 35.9 Å². The Morgan fingerprint density at radius 3 is 1.20 bits per heavy atom. The van der Waals surface area contributed by atoms with Crippen LogP contribution in [0.25, 0.3) is 45.6 Å². The molecule has 59 heavy (non-hydrogen) atoms. The van der Waals surface area contributed by atoms with Gasteiger partial charge < -0.3 is 8.83 Å². The van der Waals surface area contributed by atoms with Gasteiger partial charge in [-0.1, -0.05) is 141 Å². The highest BCUT2D eigenvalue weighted by atomic mass is 28.3. The monoisotopic (exact) mass is 792 g/mol. The number of furan rings is 2. The van der Waals surface area contributed by atoms with E-state index in [9.17, 15) is 0 Å². The van der Waals surface area contributed by atoms with E-state index in [2.05, 4.69) is 192 Å². The summed E-state index contributed by atoms with van der Waals surface area (Å²) in [6.07, 6.45) is 7.35. The quantitative estimate of drug-likeness (QED) is 0.157. The van der Waals surface area contributed by atoms with Crippen LogP contribution in [0.1, 0.15) is 147 Å². The molecule has 6 aromatic rings. The van der Waals surface area contributed by atoms with Crippen LogP contribution in [0.2, 0.25) is 13.1 Å². The van der Waals surface area contributed by atoms with Gasteiger partial charge in [-0.3, -0.25) is 0 Å². The van der Waals surface area contributed by atoms with Crippen molar-refractivity contribution < 1.29 is 8.83 Å². The first-order chi connectivity index (χ1) is 27.8. The standard InChI is InChI=1S/C56H60O2Si/c1-33-23-25-45(57-33)41-27-37-39(29-43-49(55(7,8)31-53(43,3)4)47(37)35-19-15-13-16-20-35)51(41)59(11,12)52-40-30-44-50(56(9,10)32-54(44,5)6)48(36-21-17-14-18-22-36)38(40)28-42(52)46-26-24-34(2)58-46/h13-30,51-52H,31-32H2,1-12H3. The van der Waals surface area contributed by atoms with E-state index in [1.807, 2.05) is 0 Å². The van der Waals surface area contributed by atoms with Crippen molar-refractivity contribution in [3.05, 3.63) is 165 Å². The Morgan fingerprint density at radius 1 is 0.492 bits per heavy atom. The SMILES string of the molecule is Cc1ccc(C2=Cc3c(cc4c(c3-c3ccccc3)C(C)(C)CC4(C)C)C2[Si](C)(C)C2C(c3ccc(C)o3)=Cc3c2cc2c(c3-c3ccccc3)C(C)(C)CC2(C)C)o1. The number of aryl methyl sites for hydroxylation is 2. The van der Waals surface area contributed by atoms with Crippen molar-refractivity contribution in [2.24, 2.45) is 0 Å². The fourth-order valence-electron chi connectivity index (χ4n) is 13.3.